The monoisotopic (exact) mass is 321 g/mol. The van der Waals surface area contributed by atoms with Gasteiger partial charge in [-0.05, 0) is 29.8 Å². The fourth-order valence-electron chi connectivity index (χ4n) is 2.89. The summed E-state index contributed by atoms with van der Waals surface area (Å²) >= 11 is 6.08. The van der Waals surface area contributed by atoms with Crippen molar-refractivity contribution in [2.24, 2.45) is 5.73 Å². The average molecular weight is 322 g/mol. The van der Waals surface area contributed by atoms with Gasteiger partial charge in [0.15, 0.2) is 0 Å². The molecule has 0 aliphatic carbocycles. The Morgan fingerprint density at radius 3 is 2.83 bits per heavy atom. The van der Waals surface area contributed by atoms with Crippen molar-refractivity contribution in [3.05, 3.63) is 64.7 Å². The normalized spacial score (nSPS) is 16.8. The number of halogens is 1. The largest absolute Gasteiger partial charge is 0.384 e. The molecule has 23 heavy (non-hydrogen) atoms. The molecule has 2 heterocycles. The lowest BCUT2D eigenvalue weighted by molar-refractivity contribution is 0.857. The third-order valence-electron chi connectivity index (χ3n) is 3.94. The SMILES string of the molecule is N#CC1=C(N)n2c(nc3ccccc32)NC1c1cccc(Cl)c1. The topological polar surface area (TPSA) is 79.7 Å². The molecule has 5 nitrogen and oxygen atoms in total. The zero-order valence-corrected chi connectivity index (χ0v) is 12.7. The van der Waals surface area contributed by atoms with Gasteiger partial charge in [0.05, 0.1) is 22.6 Å². The second-order valence-electron chi connectivity index (χ2n) is 5.30. The van der Waals surface area contributed by atoms with Crippen molar-refractivity contribution in [3.63, 3.8) is 0 Å². The third kappa shape index (κ3) is 2.04. The van der Waals surface area contributed by atoms with Crippen molar-refractivity contribution in [1.82, 2.24) is 9.55 Å². The van der Waals surface area contributed by atoms with Crippen LogP contribution in [0.5, 0.6) is 0 Å². The van der Waals surface area contributed by atoms with E-state index in [9.17, 15) is 5.26 Å². The lowest BCUT2D eigenvalue weighted by Crippen LogP contribution is -2.26. The highest BCUT2D eigenvalue weighted by Gasteiger charge is 2.29. The van der Waals surface area contributed by atoms with Crippen molar-refractivity contribution in [1.29, 1.82) is 5.26 Å². The van der Waals surface area contributed by atoms with E-state index in [-0.39, 0.29) is 6.04 Å². The Balaban J connectivity index is 1.94. The zero-order valence-electron chi connectivity index (χ0n) is 12.0. The molecule has 6 heteroatoms. The Morgan fingerprint density at radius 2 is 2.04 bits per heavy atom. The molecule has 0 fully saturated rings. The summed E-state index contributed by atoms with van der Waals surface area (Å²) < 4.78 is 1.77. The Bertz CT molecular complexity index is 996. The van der Waals surface area contributed by atoms with Gasteiger partial charge in [-0.2, -0.15) is 5.26 Å². The summed E-state index contributed by atoms with van der Waals surface area (Å²) in [6.07, 6.45) is 0. The standard InChI is InChI=1S/C17H12ClN5/c18-11-5-3-4-10(8-11)15-12(9-19)16(20)23-14-7-2-1-6-13(14)21-17(23)22-15/h1-8,15H,20H2,(H,21,22). The van der Waals surface area contributed by atoms with Gasteiger partial charge in [0.1, 0.15) is 11.9 Å². The van der Waals surface area contributed by atoms with Crippen LogP contribution in [0.1, 0.15) is 11.6 Å². The molecular weight excluding hydrogens is 310 g/mol. The highest BCUT2D eigenvalue weighted by atomic mass is 35.5. The van der Waals surface area contributed by atoms with E-state index in [0.717, 1.165) is 16.6 Å². The number of hydrogen-bond donors (Lipinski definition) is 2. The number of nitrogens with two attached hydrogens (primary N) is 1. The van der Waals surface area contributed by atoms with E-state index < -0.39 is 0 Å². The summed E-state index contributed by atoms with van der Waals surface area (Å²) in [5.41, 5.74) is 9.29. The first-order chi connectivity index (χ1) is 11.2. The maximum absolute atomic E-state index is 9.60. The summed E-state index contributed by atoms with van der Waals surface area (Å²) in [4.78, 5) is 4.57. The van der Waals surface area contributed by atoms with E-state index >= 15 is 0 Å². The van der Waals surface area contributed by atoms with E-state index in [1.165, 1.54) is 0 Å². The molecule has 1 aromatic heterocycles. The highest BCUT2D eigenvalue weighted by Crippen LogP contribution is 2.36. The quantitative estimate of drug-likeness (QED) is 0.718. The second kappa shape index (κ2) is 5.04. The molecule has 3 aromatic rings. The minimum absolute atomic E-state index is 0.372. The van der Waals surface area contributed by atoms with Crippen LogP contribution in [-0.4, -0.2) is 9.55 Å². The molecule has 3 N–H and O–H groups in total. The molecule has 1 atom stereocenters. The van der Waals surface area contributed by atoms with Crippen molar-refractivity contribution in [2.75, 3.05) is 5.32 Å². The lowest BCUT2D eigenvalue weighted by atomic mass is 9.98. The van der Waals surface area contributed by atoms with Crippen LogP contribution < -0.4 is 11.1 Å². The van der Waals surface area contributed by atoms with Crippen LogP contribution in [0.15, 0.2) is 54.1 Å². The van der Waals surface area contributed by atoms with Crippen LogP contribution in [0, 0.1) is 11.3 Å². The van der Waals surface area contributed by atoms with Gasteiger partial charge in [0, 0.05) is 5.02 Å². The number of fused-ring (bicyclic) bond motifs is 3. The van der Waals surface area contributed by atoms with Gasteiger partial charge in [-0.25, -0.2) is 4.98 Å². The maximum atomic E-state index is 9.60. The maximum Gasteiger partial charge on any atom is 0.210 e. The van der Waals surface area contributed by atoms with Crippen LogP contribution in [0.3, 0.4) is 0 Å². The van der Waals surface area contributed by atoms with Crippen molar-refractivity contribution in [2.45, 2.75) is 6.04 Å². The molecular formula is C17H12ClN5. The van der Waals surface area contributed by atoms with Gasteiger partial charge in [0.25, 0.3) is 0 Å². The summed E-state index contributed by atoms with van der Waals surface area (Å²) in [7, 11) is 0. The van der Waals surface area contributed by atoms with E-state index in [1.54, 1.807) is 10.6 Å². The molecule has 1 aliphatic rings. The first kappa shape index (κ1) is 13.7. The molecule has 0 bridgehead atoms. The second-order valence-corrected chi connectivity index (χ2v) is 5.74. The summed E-state index contributed by atoms with van der Waals surface area (Å²) in [6, 6.07) is 16.9. The van der Waals surface area contributed by atoms with Crippen LogP contribution in [0.2, 0.25) is 5.02 Å². The number of para-hydroxylation sites is 2. The molecule has 0 saturated heterocycles. The number of nitrogens with one attached hydrogen (secondary N) is 1. The third-order valence-corrected chi connectivity index (χ3v) is 4.18. The molecule has 1 aliphatic heterocycles. The van der Waals surface area contributed by atoms with Gasteiger partial charge in [-0.3, -0.25) is 4.57 Å². The zero-order chi connectivity index (χ0) is 16.0. The fraction of sp³-hybridized carbons (Fsp3) is 0.0588. The van der Waals surface area contributed by atoms with Crippen molar-refractivity contribution >= 4 is 34.4 Å². The van der Waals surface area contributed by atoms with E-state index in [4.69, 9.17) is 17.3 Å². The Labute approximate surface area is 137 Å². The van der Waals surface area contributed by atoms with Gasteiger partial charge in [0.2, 0.25) is 5.95 Å². The van der Waals surface area contributed by atoms with Gasteiger partial charge < -0.3 is 11.1 Å². The molecule has 0 radical (unpaired) electrons. The lowest BCUT2D eigenvalue weighted by Gasteiger charge is -2.26. The number of nitriles is 1. The first-order valence-corrected chi connectivity index (χ1v) is 7.46. The average Bonchev–Trinajstić information content (AvgIpc) is 2.93. The molecule has 112 valence electrons. The minimum Gasteiger partial charge on any atom is -0.384 e. The number of rotatable bonds is 1. The molecule has 4 rings (SSSR count). The van der Waals surface area contributed by atoms with Gasteiger partial charge in [-0.15, -0.1) is 0 Å². The predicted octanol–water partition coefficient (Wildman–Crippen LogP) is 3.51. The van der Waals surface area contributed by atoms with Crippen LogP contribution in [-0.2, 0) is 0 Å². The predicted molar refractivity (Wildman–Crippen MR) is 90.6 cm³/mol. The van der Waals surface area contributed by atoms with E-state index in [1.807, 2.05) is 42.5 Å². The highest BCUT2D eigenvalue weighted by molar-refractivity contribution is 6.30. The Morgan fingerprint density at radius 1 is 1.22 bits per heavy atom. The molecule has 0 spiro atoms. The van der Waals surface area contributed by atoms with E-state index in [2.05, 4.69) is 16.4 Å². The molecule has 0 saturated carbocycles. The number of anilines is 1. The van der Waals surface area contributed by atoms with Gasteiger partial charge >= 0.3 is 0 Å². The van der Waals surface area contributed by atoms with Crippen LogP contribution >= 0.6 is 11.6 Å². The Hall–Kier alpha value is -2.97. The Kier molecular flexibility index (Phi) is 3.00. The number of imidazole rings is 1. The smallest absolute Gasteiger partial charge is 0.210 e. The summed E-state index contributed by atoms with van der Waals surface area (Å²) in [6.45, 7) is 0. The number of benzene rings is 2. The van der Waals surface area contributed by atoms with E-state index in [0.29, 0.717) is 22.4 Å². The number of nitrogens with zero attached hydrogens (tertiary/aromatic N) is 3. The van der Waals surface area contributed by atoms with Crippen molar-refractivity contribution < 1.29 is 0 Å². The van der Waals surface area contributed by atoms with Crippen LogP contribution in [0.4, 0.5) is 5.95 Å². The van der Waals surface area contributed by atoms with Crippen LogP contribution in [0.25, 0.3) is 16.9 Å². The first-order valence-electron chi connectivity index (χ1n) is 7.08. The summed E-state index contributed by atoms with van der Waals surface area (Å²) in [5.74, 6) is 1.01. The minimum atomic E-state index is -0.372. The fourth-order valence-corrected chi connectivity index (χ4v) is 3.09. The molecule has 2 aromatic carbocycles. The van der Waals surface area contributed by atoms with Crippen molar-refractivity contribution in [3.8, 4) is 6.07 Å². The number of hydrogen-bond acceptors (Lipinski definition) is 4. The number of aromatic nitrogens is 2. The molecule has 1 unspecified atom stereocenters. The van der Waals surface area contributed by atoms with Gasteiger partial charge in [-0.1, -0.05) is 35.9 Å². The summed E-state index contributed by atoms with van der Waals surface area (Å²) in [5, 5.41) is 13.5. The molecule has 0 amide bonds.